The number of fused-ring (bicyclic) bond motifs is 1. The summed E-state index contributed by atoms with van der Waals surface area (Å²) in [7, 11) is 1.61. The predicted molar refractivity (Wildman–Crippen MR) is 128 cm³/mol. The van der Waals surface area contributed by atoms with Gasteiger partial charge in [-0.3, -0.25) is 4.98 Å². The van der Waals surface area contributed by atoms with Gasteiger partial charge >= 0.3 is 0 Å². The maximum Gasteiger partial charge on any atom is 0.137 e. The molecule has 0 bridgehead atoms. The van der Waals surface area contributed by atoms with E-state index in [0.717, 1.165) is 34.1 Å². The number of pyridine rings is 1. The molecule has 3 aromatic rings. The van der Waals surface area contributed by atoms with Gasteiger partial charge in [0.1, 0.15) is 5.75 Å². The van der Waals surface area contributed by atoms with E-state index in [1.165, 1.54) is 0 Å². The van der Waals surface area contributed by atoms with Crippen LogP contribution in [0.1, 0.15) is 43.9 Å². The van der Waals surface area contributed by atoms with Crippen LogP contribution < -0.4 is 15.4 Å². The SMILES string of the molecule is COc1ccc(CNc2c(CNC(C)CC(C)C)cnc3ccc(C#N)cc23)cc1Cl. The van der Waals surface area contributed by atoms with Crippen molar-refractivity contribution in [2.24, 2.45) is 5.92 Å². The molecule has 0 saturated carbocycles. The number of nitriles is 1. The molecule has 2 N–H and O–H groups in total. The molecule has 0 spiro atoms. The second kappa shape index (κ2) is 10.5. The fourth-order valence-electron chi connectivity index (χ4n) is 3.73. The third-order valence-corrected chi connectivity index (χ3v) is 5.52. The zero-order chi connectivity index (χ0) is 22.4. The van der Waals surface area contributed by atoms with E-state index in [1.807, 2.05) is 36.5 Å². The molecule has 31 heavy (non-hydrogen) atoms. The van der Waals surface area contributed by atoms with Crippen LogP contribution in [-0.4, -0.2) is 18.1 Å². The number of hydrogen-bond donors (Lipinski definition) is 2. The van der Waals surface area contributed by atoms with E-state index in [0.29, 0.717) is 41.4 Å². The van der Waals surface area contributed by atoms with Crippen LogP contribution in [0.5, 0.6) is 5.75 Å². The highest BCUT2D eigenvalue weighted by atomic mass is 35.5. The number of rotatable bonds is 9. The van der Waals surface area contributed by atoms with E-state index in [4.69, 9.17) is 16.3 Å². The van der Waals surface area contributed by atoms with E-state index in [2.05, 4.69) is 42.5 Å². The van der Waals surface area contributed by atoms with E-state index >= 15 is 0 Å². The monoisotopic (exact) mass is 436 g/mol. The number of methoxy groups -OCH3 is 1. The highest BCUT2D eigenvalue weighted by Crippen LogP contribution is 2.29. The summed E-state index contributed by atoms with van der Waals surface area (Å²) in [5, 5.41) is 18.1. The van der Waals surface area contributed by atoms with Gasteiger partial charge in [0.15, 0.2) is 0 Å². The molecule has 0 aliphatic heterocycles. The lowest BCUT2D eigenvalue weighted by Gasteiger charge is -2.19. The third-order valence-electron chi connectivity index (χ3n) is 5.23. The van der Waals surface area contributed by atoms with Gasteiger partial charge in [0.05, 0.1) is 29.3 Å². The van der Waals surface area contributed by atoms with Crippen LogP contribution in [0.25, 0.3) is 10.9 Å². The smallest absolute Gasteiger partial charge is 0.137 e. The number of halogens is 1. The Balaban J connectivity index is 1.91. The second-order valence-electron chi connectivity index (χ2n) is 8.24. The maximum atomic E-state index is 9.38. The van der Waals surface area contributed by atoms with Gasteiger partial charge < -0.3 is 15.4 Å². The average Bonchev–Trinajstić information content (AvgIpc) is 2.75. The van der Waals surface area contributed by atoms with Crippen molar-refractivity contribution in [3.05, 3.63) is 64.3 Å². The first-order valence-electron chi connectivity index (χ1n) is 10.5. The Morgan fingerprint density at radius 2 is 1.94 bits per heavy atom. The van der Waals surface area contributed by atoms with E-state index in [-0.39, 0.29) is 0 Å². The van der Waals surface area contributed by atoms with Crippen LogP contribution >= 0.6 is 11.6 Å². The molecule has 2 aromatic carbocycles. The van der Waals surface area contributed by atoms with Crippen molar-refractivity contribution in [1.82, 2.24) is 10.3 Å². The molecule has 162 valence electrons. The van der Waals surface area contributed by atoms with Gasteiger partial charge in [-0.1, -0.05) is 31.5 Å². The van der Waals surface area contributed by atoms with Gasteiger partial charge in [-0.2, -0.15) is 5.26 Å². The lowest BCUT2D eigenvalue weighted by atomic mass is 10.0. The Morgan fingerprint density at radius 1 is 1.13 bits per heavy atom. The Labute approximate surface area is 189 Å². The molecule has 5 nitrogen and oxygen atoms in total. The van der Waals surface area contributed by atoms with Gasteiger partial charge in [-0.15, -0.1) is 0 Å². The van der Waals surface area contributed by atoms with Gasteiger partial charge in [0, 0.05) is 42.0 Å². The highest BCUT2D eigenvalue weighted by molar-refractivity contribution is 6.32. The number of benzene rings is 2. The molecule has 6 heteroatoms. The molecule has 0 aliphatic rings. The zero-order valence-corrected chi connectivity index (χ0v) is 19.3. The summed E-state index contributed by atoms with van der Waals surface area (Å²) in [6, 6.07) is 14.0. The predicted octanol–water partition coefficient (Wildman–Crippen LogP) is 5.90. The van der Waals surface area contributed by atoms with Crippen LogP contribution in [-0.2, 0) is 13.1 Å². The summed E-state index contributed by atoms with van der Waals surface area (Å²) in [6.07, 6.45) is 3.01. The number of anilines is 1. The molecular formula is C25H29ClN4O. The molecule has 1 atom stereocenters. The number of ether oxygens (including phenoxy) is 1. The average molecular weight is 437 g/mol. The largest absolute Gasteiger partial charge is 0.495 e. The van der Waals surface area contributed by atoms with Crippen LogP contribution in [0.4, 0.5) is 5.69 Å². The van der Waals surface area contributed by atoms with Crippen molar-refractivity contribution < 1.29 is 4.74 Å². The third kappa shape index (κ3) is 5.88. The van der Waals surface area contributed by atoms with E-state index < -0.39 is 0 Å². The lowest BCUT2D eigenvalue weighted by Crippen LogP contribution is -2.27. The Hall–Kier alpha value is -2.81. The van der Waals surface area contributed by atoms with Crippen molar-refractivity contribution in [2.45, 2.75) is 46.3 Å². The van der Waals surface area contributed by atoms with Crippen molar-refractivity contribution in [2.75, 3.05) is 12.4 Å². The van der Waals surface area contributed by atoms with E-state index in [9.17, 15) is 5.26 Å². The van der Waals surface area contributed by atoms with Crippen molar-refractivity contribution >= 4 is 28.2 Å². The molecule has 1 aromatic heterocycles. The molecule has 1 unspecified atom stereocenters. The van der Waals surface area contributed by atoms with E-state index in [1.54, 1.807) is 13.2 Å². The fourth-order valence-corrected chi connectivity index (χ4v) is 4.01. The highest BCUT2D eigenvalue weighted by Gasteiger charge is 2.12. The summed E-state index contributed by atoms with van der Waals surface area (Å²) < 4.78 is 5.25. The van der Waals surface area contributed by atoms with Crippen LogP contribution in [0.3, 0.4) is 0 Å². The molecule has 0 fully saturated rings. The number of nitrogens with one attached hydrogen (secondary N) is 2. The van der Waals surface area contributed by atoms with Crippen molar-refractivity contribution in [3.8, 4) is 11.8 Å². The van der Waals surface area contributed by atoms with Crippen molar-refractivity contribution in [1.29, 1.82) is 5.26 Å². The summed E-state index contributed by atoms with van der Waals surface area (Å²) in [5.74, 6) is 1.29. The van der Waals surface area contributed by atoms with Crippen LogP contribution in [0, 0.1) is 17.2 Å². The van der Waals surface area contributed by atoms with Crippen LogP contribution in [0.2, 0.25) is 5.02 Å². The summed E-state index contributed by atoms with van der Waals surface area (Å²) in [4.78, 5) is 4.62. The number of aromatic nitrogens is 1. The zero-order valence-electron chi connectivity index (χ0n) is 18.5. The van der Waals surface area contributed by atoms with Gasteiger partial charge in [-0.05, 0) is 55.2 Å². The van der Waals surface area contributed by atoms with Gasteiger partial charge in [-0.25, -0.2) is 0 Å². The molecular weight excluding hydrogens is 408 g/mol. The topological polar surface area (TPSA) is 70.0 Å². The number of hydrogen-bond acceptors (Lipinski definition) is 5. The Bertz CT molecular complexity index is 1090. The Morgan fingerprint density at radius 3 is 2.61 bits per heavy atom. The second-order valence-corrected chi connectivity index (χ2v) is 8.64. The van der Waals surface area contributed by atoms with Gasteiger partial charge in [0.2, 0.25) is 0 Å². The summed E-state index contributed by atoms with van der Waals surface area (Å²) in [5.41, 5.74) is 4.56. The molecule has 0 amide bonds. The normalized spacial score (nSPS) is 12.0. The standard InChI is InChI=1S/C25H29ClN4O/c1-16(2)9-17(3)28-14-20-15-29-23-7-5-18(12-27)10-21(23)25(20)30-13-19-6-8-24(31-4)22(26)11-19/h5-8,10-11,15-17,28H,9,13-14H2,1-4H3,(H,29,30). The summed E-state index contributed by atoms with van der Waals surface area (Å²) in [6.45, 7) is 7.94. The molecule has 0 aliphatic carbocycles. The summed E-state index contributed by atoms with van der Waals surface area (Å²) >= 11 is 6.29. The molecule has 3 rings (SSSR count). The minimum absolute atomic E-state index is 0.398. The van der Waals surface area contributed by atoms with Crippen LogP contribution in [0.15, 0.2) is 42.6 Å². The number of nitrogens with zero attached hydrogens (tertiary/aromatic N) is 2. The maximum absolute atomic E-state index is 9.38. The first-order chi connectivity index (χ1) is 14.9. The molecule has 0 radical (unpaired) electrons. The minimum Gasteiger partial charge on any atom is -0.495 e. The first-order valence-corrected chi connectivity index (χ1v) is 10.9. The molecule has 1 heterocycles. The minimum atomic E-state index is 0.398. The first kappa shape index (κ1) is 22.9. The van der Waals surface area contributed by atoms with Crippen molar-refractivity contribution in [3.63, 3.8) is 0 Å². The lowest BCUT2D eigenvalue weighted by molar-refractivity contribution is 0.415. The molecule has 0 saturated heterocycles. The fraction of sp³-hybridized carbons (Fsp3) is 0.360. The van der Waals surface area contributed by atoms with Gasteiger partial charge in [0.25, 0.3) is 0 Å². The quantitative estimate of drug-likeness (QED) is 0.436. The Kier molecular flexibility index (Phi) is 7.73.